The van der Waals surface area contributed by atoms with E-state index in [1.807, 2.05) is 0 Å². The fourth-order valence-electron chi connectivity index (χ4n) is 1.65. The SMILES string of the molecule is Nc1cc(Cl)cc(Br)c1OCC1CCOC1. The van der Waals surface area contributed by atoms with Crippen LogP contribution in [-0.2, 0) is 4.74 Å². The molecule has 1 heterocycles. The molecular weight excluding hydrogens is 293 g/mol. The van der Waals surface area contributed by atoms with Gasteiger partial charge in [0.05, 0.1) is 23.4 Å². The maximum Gasteiger partial charge on any atom is 0.156 e. The van der Waals surface area contributed by atoms with Gasteiger partial charge in [-0.05, 0) is 34.5 Å². The van der Waals surface area contributed by atoms with Gasteiger partial charge in [-0.15, -0.1) is 0 Å². The first-order valence-corrected chi connectivity index (χ1v) is 6.29. The van der Waals surface area contributed by atoms with Crippen LogP contribution in [0.2, 0.25) is 5.02 Å². The van der Waals surface area contributed by atoms with E-state index in [-0.39, 0.29) is 0 Å². The average molecular weight is 307 g/mol. The number of anilines is 1. The van der Waals surface area contributed by atoms with Gasteiger partial charge in [0.15, 0.2) is 5.75 Å². The van der Waals surface area contributed by atoms with E-state index in [9.17, 15) is 0 Å². The van der Waals surface area contributed by atoms with Crippen LogP contribution < -0.4 is 10.5 Å². The summed E-state index contributed by atoms with van der Waals surface area (Å²) in [5.41, 5.74) is 6.39. The second-order valence-electron chi connectivity index (χ2n) is 3.85. The molecule has 88 valence electrons. The summed E-state index contributed by atoms with van der Waals surface area (Å²) in [4.78, 5) is 0. The highest BCUT2D eigenvalue weighted by Crippen LogP contribution is 2.35. The van der Waals surface area contributed by atoms with Crippen molar-refractivity contribution in [2.24, 2.45) is 5.92 Å². The lowest BCUT2D eigenvalue weighted by Gasteiger charge is -2.14. The Balaban J connectivity index is 2.03. The van der Waals surface area contributed by atoms with Gasteiger partial charge in [0.2, 0.25) is 0 Å². The molecule has 1 fully saturated rings. The number of rotatable bonds is 3. The Hall–Kier alpha value is -0.450. The third-order valence-electron chi connectivity index (χ3n) is 2.52. The summed E-state index contributed by atoms with van der Waals surface area (Å²) < 4.78 is 11.8. The Kier molecular flexibility index (Phi) is 3.95. The summed E-state index contributed by atoms with van der Waals surface area (Å²) in [5.74, 6) is 1.12. The van der Waals surface area contributed by atoms with E-state index in [1.165, 1.54) is 0 Å². The van der Waals surface area contributed by atoms with Crippen LogP contribution in [0.4, 0.5) is 5.69 Å². The number of hydrogen-bond acceptors (Lipinski definition) is 3. The maximum absolute atomic E-state index is 5.86. The monoisotopic (exact) mass is 305 g/mol. The summed E-state index contributed by atoms with van der Waals surface area (Å²) in [6.07, 6.45) is 1.05. The van der Waals surface area contributed by atoms with Gasteiger partial charge in [-0.25, -0.2) is 0 Å². The fourth-order valence-corrected chi connectivity index (χ4v) is 2.60. The van der Waals surface area contributed by atoms with Crippen molar-refractivity contribution in [3.8, 4) is 5.75 Å². The Morgan fingerprint density at radius 1 is 1.56 bits per heavy atom. The van der Waals surface area contributed by atoms with Gasteiger partial charge in [-0.1, -0.05) is 11.6 Å². The van der Waals surface area contributed by atoms with Crippen LogP contribution in [0.5, 0.6) is 5.75 Å². The third-order valence-corrected chi connectivity index (χ3v) is 3.33. The molecule has 0 spiro atoms. The minimum absolute atomic E-state index is 0.460. The number of nitrogens with two attached hydrogens (primary N) is 1. The van der Waals surface area contributed by atoms with Crippen LogP contribution in [0.1, 0.15) is 6.42 Å². The van der Waals surface area contributed by atoms with E-state index in [0.29, 0.717) is 29.0 Å². The number of hydrogen-bond donors (Lipinski definition) is 1. The topological polar surface area (TPSA) is 44.5 Å². The Bertz CT molecular complexity index is 357. The minimum Gasteiger partial charge on any atom is -0.490 e. The fraction of sp³-hybridized carbons (Fsp3) is 0.455. The van der Waals surface area contributed by atoms with E-state index in [4.69, 9.17) is 26.8 Å². The minimum atomic E-state index is 0.460. The van der Waals surface area contributed by atoms with Crippen molar-refractivity contribution in [1.82, 2.24) is 0 Å². The summed E-state index contributed by atoms with van der Waals surface area (Å²) >= 11 is 9.25. The molecule has 2 rings (SSSR count). The lowest BCUT2D eigenvalue weighted by atomic mass is 10.1. The first-order chi connectivity index (χ1) is 7.66. The molecule has 0 amide bonds. The largest absolute Gasteiger partial charge is 0.490 e. The second kappa shape index (κ2) is 5.25. The molecule has 1 aliphatic heterocycles. The molecule has 3 nitrogen and oxygen atoms in total. The molecule has 16 heavy (non-hydrogen) atoms. The van der Waals surface area contributed by atoms with Gasteiger partial charge in [-0.2, -0.15) is 0 Å². The van der Waals surface area contributed by atoms with Crippen molar-refractivity contribution in [2.45, 2.75) is 6.42 Å². The zero-order chi connectivity index (χ0) is 11.5. The van der Waals surface area contributed by atoms with Crippen LogP contribution in [0.3, 0.4) is 0 Å². The van der Waals surface area contributed by atoms with E-state index < -0.39 is 0 Å². The number of halogens is 2. The molecule has 1 aromatic rings. The van der Waals surface area contributed by atoms with Crippen LogP contribution in [-0.4, -0.2) is 19.8 Å². The molecule has 1 aromatic carbocycles. The smallest absolute Gasteiger partial charge is 0.156 e. The van der Waals surface area contributed by atoms with Crippen LogP contribution in [0.25, 0.3) is 0 Å². The molecule has 1 atom stereocenters. The van der Waals surface area contributed by atoms with E-state index in [1.54, 1.807) is 12.1 Å². The Morgan fingerprint density at radius 3 is 3.00 bits per heavy atom. The number of benzene rings is 1. The lowest BCUT2D eigenvalue weighted by Crippen LogP contribution is -2.12. The molecule has 1 unspecified atom stereocenters. The average Bonchev–Trinajstić information content (AvgIpc) is 2.68. The first kappa shape index (κ1) is 12.0. The number of nitrogen functional groups attached to an aromatic ring is 1. The van der Waals surface area contributed by atoms with E-state index in [0.717, 1.165) is 24.1 Å². The summed E-state index contributed by atoms with van der Waals surface area (Å²) in [6, 6.07) is 3.46. The van der Waals surface area contributed by atoms with E-state index in [2.05, 4.69) is 15.9 Å². The summed E-state index contributed by atoms with van der Waals surface area (Å²) in [5, 5.41) is 0.598. The Morgan fingerprint density at radius 2 is 2.38 bits per heavy atom. The van der Waals surface area contributed by atoms with Gasteiger partial charge in [0, 0.05) is 17.5 Å². The third kappa shape index (κ3) is 2.81. The van der Waals surface area contributed by atoms with E-state index >= 15 is 0 Å². The van der Waals surface area contributed by atoms with Gasteiger partial charge >= 0.3 is 0 Å². The van der Waals surface area contributed by atoms with Crippen molar-refractivity contribution in [2.75, 3.05) is 25.6 Å². The molecular formula is C11H13BrClNO2. The highest BCUT2D eigenvalue weighted by Gasteiger charge is 2.17. The van der Waals surface area contributed by atoms with Gasteiger partial charge in [0.1, 0.15) is 0 Å². The van der Waals surface area contributed by atoms with Crippen LogP contribution >= 0.6 is 27.5 Å². The lowest BCUT2D eigenvalue weighted by molar-refractivity contribution is 0.167. The summed E-state index contributed by atoms with van der Waals surface area (Å²) in [6.45, 7) is 2.22. The number of ether oxygens (including phenoxy) is 2. The molecule has 0 aliphatic carbocycles. The molecule has 5 heteroatoms. The Labute approximate surface area is 108 Å². The predicted molar refractivity (Wildman–Crippen MR) is 68.0 cm³/mol. The molecule has 0 bridgehead atoms. The zero-order valence-corrected chi connectivity index (χ0v) is 11.1. The van der Waals surface area contributed by atoms with Crippen molar-refractivity contribution < 1.29 is 9.47 Å². The van der Waals surface area contributed by atoms with Crippen molar-refractivity contribution in [3.05, 3.63) is 21.6 Å². The molecule has 0 aromatic heterocycles. The second-order valence-corrected chi connectivity index (χ2v) is 5.14. The molecule has 0 radical (unpaired) electrons. The van der Waals surface area contributed by atoms with Crippen LogP contribution in [0, 0.1) is 5.92 Å². The maximum atomic E-state index is 5.86. The van der Waals surface area contributed by atoms with Crippen LogP contribution in [0.15, 0.2) is 16.6 Å². The normalized spacial score (nSPS) is 20.0. The summed E-state index contributed by atoms with van der Waals surface area (Å²) in [7, 11) is 0. The molecule has 0 saturated carbocycles. The zero-order valence-electron chi connectivity index (χ0n) is 8.71. The molecule has 1 aliphatic rings. The standard InChI is InChI=1S/C11H13BrClNO2/c12-9-3-8(13)4-10(14)11(9)16-6-7-1-2-15-5-7/h3-4,7H,1-2,5-6,14H2. The van der Waals surface area contributed by atoms with Crippen molar-refractivity contribution in [3.63, 3.8) is 0 Å². The van der Waals surface area contributed by atoms with Gasteiger partial charge in [-0.3, -0.25) is 0 Å². The molecule has 2 N–H and O–H groups in total. The van der Waals surface area contributed by atoms with Gasteiger partial charge < -0.3 is 15.2 Å². The highest BCUT2D eigenvalue weighted by molar-refractivity contribution is 9.10. The van der Waals surface area contributed by atoms with Gasteiger partial charge in [0.25, 0.3) is 0 Å². The molecule has 1 saturated heterocycles. The van der Waals surface area contributed by atoms with Crippen molar-refractivity contribution in [1.29, 1.82) is 0 Å². The predicted octanol–water partition coefficient (Wildman–Crippen LogP) is 3.10. The highest BCUT2D eigenvalue weighted by atomic mass is 79.9. The first-order valence-electron chi connectivity index (χ1n) is 5.12. The van der Waals surface area contributed by atoms with Crippen molar-refractivity contribution >= 4 is 33.2 Å². The quantitative estimate of drug-likeness (QED) is 0.873.